The molecule has 3 rings (SSSR count). The Labute approximate surface area is 187 Å². The summed E-state index contributed by atoms with van der Waals surface area (Å²) in [5.74, 6) is -1.71. The topological polar surface area (TPSA) is 136 Å². The number of hydrogen-bond acceptors (Lipinski definition) is 7. The molecule has 0 aliphatic heterocycles. The van der Waals surface area contributed by atoms with Gasteiger partial charge in [0.05, 0.1) is 11.5 Å². The molecule has 2 aromatic rings. The summed E-state index contributed by atoms with van der Waals surface area (Å²) in [6, 6.07) is 16.5. The molecular weight excluding hydrogens is 408 g/mol. The number of carbonyl (C=O) groups is 2. The Hall–Kier alpha value is -3.42. The molecule has 0 amide bonds. The lowest BCUT2D eigenvalue weighted by atomic mass is 9.70. The van der Waals surface area contributed by atoms with Gasteiger partial charge in [-0.1, -0.05) is 66.7 Å². The Morgan fingerprint density at radius 3 is 2.12 bits per heavy atom. The van der Waals surface area contributed by atoms with Crippen LogP contribution in [0.2, 0.25) is 0 Å². The highest BCUT2D eigenvalue weighted by Gasteiger charge is 2.44. The van der Waals surface area contributed by atoms with E-state index in [0.717, 1.165) is 11.1 Å². The molecule has 1 unspecified atom stereocenters. The number of ether oxygens (including phenoxy) is 1. The van der Waals surface area contributed by atoms with Crippen molar-refractivity contribution in [3.05, 3.63) is 95.5 Å². The first-order valence-electron chi connectivity index (χ1n) is 10.4. The van der Waals surface area contributed by atoms with Gasteiger partial charge in [0, 0.05) is 6.42 Å². The van der Waals surface area contributed by atoms with Crippen LogP contribution in [-0.2, 0) is 27.4 Å². The third-order valence-electron chi connectivity index (χ3n) is 5.58. The van der Waals surface area contributed by atoms with Crippen molar-refractivity contribution >= 4 is 11.8 Å². The Bertz CT molecular complexity index is 1000. The van der Waals surface area contributed by atoms with Crippen LogP contribution >= 0.6 is 0 Å². The Balaban J connectivity index is 1.74. The van der Waals surface area contributed by atoms with Gasteiger partial charge in [-0.15, -0.1) is 0 Å². The van der Waals surface area contributed by atoms with Crippen LogP contribution in [-0.4, -0.2) is 34.0 Å². The maximum absolute atomic E-state index is 13.4. The minimum Gasteiger partial charge on any atom is -0.508 e. The van der Waals surface area contributed by atoms with Crippen molar-refractivity contribution in [1.29, 1.82) is 0 Å². The van der Waals surface area contributed by atoms with Crippen molar-refractivity contribution in [3.63, 3.8) is 0 Å². The third kappa shape index (κ3) is 5.63. The van der Waals surface area contributed by atoms with Crippen LogP contribution in [0, 0.1) is 5.41 Å². The van der Waals surface area contributed by atoms with Crippen molar-refractivity contribution in [2.45, 2.75) is 38.0 Å². The number of benzene rings is 2. The van der Waals surface area contributed by atoms with Crippen LogP contribution in [0.5, 0.6) is 0 Å². The monoisotopic (exact) mass is 436 g/mol. The maximum atomic E-state index is 13.4. The molecule has 32 heavy (non-hydrogen) atoms. The quantitative estimate of drug-likeness (QED) is 0.444. The van der Waals surface area contributed by atoms with Gasteiger partial charge in [0.15, 0.2) is 11.5 Å². The lowest BCUT2D eigenvalue weighted by molar-refractivity contribution is -0.147. The fourth-order valence-corrected chi connectivity index (χ4v) is 3.83. The van der Waals surface area contributed by atoms with Gasteiger partial charge in [-0.3, -0.25) is 9.59 Å². The number of aliphatic hydroxyl groups excluding tert-OH is 2. The van der Waals surface area contributed by atoms with E-state index in [1.165, 1.54) is 12.2 Å². The molecule has 0 aromatic heterocycles. The standard InChI is InChI=1S/C25H28N2O5/c26-19(13-17-7-3-1-4-8-17)23(30)25(12-11-21(28)22(29)15-25)14-20(27)24(31)32-16-18-9-5-2-6-10-18/h1-12,19-20,28-29H,13-16,26-27H2/t19-,20-,25?/m0/s1. The van der Waals surface area contributed by atoms with Gasteiger partial charge < -0.3 is 26.4 Å². The molecule has 3 atom stereocenters. The highest BCUT2D eigenvalue weighted by atomic mass is 16.5. The first-order valence-corrected chi connectivity index (χ1v) is 10.4. The molecule has 1 aliphatic carbocycles. The fraction of sp³-hybridized carbons (Fsp3) is 0.280. The maximum Gasteiger partial charge on any atom is 0.323 e. The molecule has 2 aromatic carbocycles. The molecule has 0 heterocycles. The smallest absolute Gasteiger partial charge is 0.323 e. The van der Waals surface area contributed by atoms with Crippen LogP contribution < -0.4 is 11.5 Å². The molecule has 168 valence electrons. The largest absolute Gasteiger partial charge is 0.508 e. The van der Waals surface area contributed by atoms with E-state index in [1.54, 1.807) is 0 Å². The summed E-state index contributed by atoms with van der Waals surface area (Å²) < 4.78 is 5.31. The van der Waals surface area contributed by atoms with Crippen molar-refractivity contribution in [1.82, 2.24) is 0 Å². The SMILES string of the molecule is N[C@@H](CC1(C(=O)[C@@H](N)Cc2ccccc2)C=CC(O)=C(O)C1)C(=O)OCc1ccccc1. The summed E-state index contributed by atoms with van der Waals surface area (Å²) >= 11 is 0. The van der Waals surface area contributed by atoms with Gasteiger partial charge >= 0.3 is 5.97 Å². The summed E-state index contributed by atoms with van der Waals surface area (Å²) in [5.41, 5.74) is 12.7. The van der Waals surface area contributed by atoms with E-state index < -0.39 is 23.5 Å². The second-order valence-electron chi connectivity index (χ2n) is 8.06. The molecule has 1 aliphatic rings. The summed E-state index contributed by atoms with van der Waals surface area (Å²) in [5, 5.41) is 20.0. The van der Waals surface area contributed by atoms with Gasteiger partial charge in [0.1, 0.15) is 18.4 Å². The summed E-state index contributed by atoms with van der Waals surface area (Å²) in [4.78, 5) is 25.9. The van der Waals surface area contributed by atoms with Crippen molar-refractivity contribution in [3.8, 4) is 0 Å². The number of aliphatic hydroxyl groups is 2. The number of allylic oxidation sites excluding steroid dienone is 3. The summed E-state index contributed by atoms with van der Waals surface area (Å²) in [7, 11) is 0. The van der Waals surface area contributed by atoms with Gasteiger partial charge in [-0.25, -0.2) is 0 Å². The predicted octanol–water partition coefficient (Wildman–Crippen LogP) is 2.86. The first kappa shape index (κ1) is 23.2. The fourth-order valence-electron chi connectivity index (χ4n) is 3.83. The highest BCUT2D eigenvalue weighted by molar-refractivity contribution is 5.93. The van der Waals surface area contributed by atoms with Gasteiger partial charge in [-0.05, 0) is 30.0 Å². The van der Waals surface area contributed by atoms with Crippen molar-refractivity contribution in [2.24, 2.45) is 16.9 Å². The number of Topliss-reactive ketones (excluding diaryl/α,β-unsaturated/α-hetero) is 1. The summed E-state index contributed by atoms with van der Waals surface area (Å²) in [6.45, 7) is 0.0591. The number of hydrogen-bond donors (Lipinski definition) is 4. The van der Waals surface area contributed by atoms with Crippen LogP contribution in [0.3, 0.4) is 0 Å². The molecule has 0 bridgehead atoms. The Kier molecular flexibility index (Phi) is 7.45. The molecule has 0 saturated carbocycles. The molecular formula is C25H28N2O5. The Morgan fingerprint density at radius 2 is 1.53 bits per heavy atom. The van der Waals surface area contributed by atoms with E-state index in [-0.39, 0.29) is 36.8 Å². The molecule has 0 saturated heterocycles. The molecule has 7 heteroatoms. The average molecular weight is 437 g/mol. The number of ketones is 1. The minimum absolute atomic E-state index is 0.0591. The molecule has 7 nitrogen and oxygen atoms in total. The molecule has 0 spiro atoms. The van der Waals surface area contributed by atoms with Crippen LogP contribution in [0.15, 0.2) is 84.3 Å². The first-order chi connectivity index (χ1) is 15.3. The summed E-state index contributed by atoms with van der Waals surface area (Å²) in [6.07, 6.45) is 2.69. The zero-order valence-corrected chi connectivity index (χ0v) is 17.7. The van der Waals surface area contributed by atoms with E-state index in [1.807, 2.05) is 60.7 Å². The average Bonchev–Trinajstić information content (AvgIpc) is 2.80. The van der Waals surface area contributed by atoms with Crippen LogP contribution in [0.1, 0.15) is 24.0 Å². The third-order valence-corrected chi connectivity index (χ3v) is 5.58. The van der Waals surface area contributed by atoms with Gasteiger partial charge in [0.25, 0.3) is 0 Å². The van der Waals surface area contributed by atoms with Gasteiger partial charge in [0.2, 0.25) is 0 Å². The second kappa shape index (κ2) is 10.3. The zero-order valence-electron chi connectivity index (χ0n) is 17.7. The van der Waals surface area contributed by atoms with Crippen molar-refractivity contribution < 1.29 is 24.5 Å². The lowest BCUT2D eigenvalue weighted by Gasteiger charge is -2.35. The highest BCUT2D eigenvalue weighted by Crippen LogP contribution is 2.39. The predicted molar refractivity (Wildman–Crippen MR) is 120 cm³/mol. The van der Waals surface area contributed by atoms with E-state index in [4.69, 9.17) is 16.2 Å². The zero-order chi connectivity index (χ0) is 23.1. The number of esters is 1. The van der Waals surface area contributed by atoms with Crippen LogP contribution in [0.25, 0.3) is 0 Å². The second-order valence-corrected chi connectivity index (χ2v) is 8.06. The molecule has 0 radical (unpaired) electrons. The normalized spacial score (nSPS) is 19.9. The van der Waals surface area contributed by atoms with Gasteiger partial charge in [-0.2, -0.15) is 0 Å². The van der Waals surface area contributed by atoms with E-state index in [2.05, 4.69) is 0 Å². The van der Waals surface area contributed by atoms with Crippen molar-refractivity contribution in [2.75, 3.05) is 0 Å². The minimum atomic E-state index is -1.34. The number of rotatable bonds is 9. The number of nitrogens with two attached hydrogens (primary N) is 2. The lowest BCUT2D eigenvalue weighted by Crippen LogP contribution is -2.49. The van der Waals surface area contributed by atoms with Crippen LogP contribution in [0.4, 0.5) is 0 Å². The Morgan fingerprint density at radius 1 is 0.938 bits per heavy atom. The van der Waals surface area contributed by atoms with E-state index >= 15 is 0 Å². The van der Waals surface area contributed by atoms with E-state index in [9.17, 15) is 19.8 Å². The van der Waals surface area contributed by atoms with E-state index in [0.29, 0.717) is 6.42 Å². The molecule has 0 fully saturated rings. The number of carbonyl (C=O) groups excluding carboxylic acids is 2. The molecule has 6 N–H and O–H groups in total.